The summed E-state index contributed by atoms with van der Waals surface area (Å²) in [6.45, 7) is 0. The highest BCUT2D eigenvalue weighted by Crippen LogP contribution is 2.45. The maximum atomic E-state index is 12.9. The van der Waals surface area contributed by atoms with Gasteiger partial charge in [0.25, 0.3) is 5.91 Å². The molecule has 1 fully saturated rings. The van der Waals surface area contributed by atoms with Gasteiger partial charge in [-0.1, -0.05) is 54.2 Å². The Labute approximate surface area is 209 Å². The van der Waals surface area contributed by atoms with Crippen LogP contribution in [0.1, 0.15) is 17.0 Å². The van der Waals surface area contributed by atoms with E-state index in [0.29, 0.717) is 23.0 Å². The number of β-lactam (4-membered cyclic amide) rings is 1. The van der Waals surface area contributed by atoms with Gasteiger partial charge in [0.15, 0.2) is 5.89 Å². The van der Waals surface area contributed by atoms with Gasteiger partial charge in [-0.2, -0.15) is 0 Å². The Morgan fingerprint density at radius 1 is 1.14 bits per heavy atom. The third kappa shape index (κ3) is 4.98. The molecule has 2 amide bonds. The molecule has 2 aromatic carbocycles. The molecule has 2 N–H and O–H groups in total. The van der Waals surface area contributed by atoms with E-state index in [1.807, 2.05) is 54.6 Å². The predicted octanol–water partition coefficient (Wildman–Crippen LogP) is 3.30. The number of nitrogens with zero attached hydrogens (tertiary/aromatic N) is 2. The highest BCUT2D eigenvalue weighted by Gasteiger charge is 2.54. The van der Waals surface area contributed by atoms with E-state index >= 15 is 0 Å². The molecule has 1 saturated heterocycles. The van der Waals surface area contributed by atoms with Crippen LogP contribution >= 0.6 is 23.5 Å². The van der Waals surface area contributed by atoms with Crippen LogP contribution in [0.25, 0.3) is 0 Å². The molecule has 8 nitrogen and oxygen atoms in total. The molecule has 2 aliphatic rings. The zero-order valence-corrected chi connectivity index (χ0v) is 20.1. The number of hydrogen-bond acceptors (Lipinski definition) is 7. The first-order valence-electron chi connectivity index (χ1n) is 10.9. The number of carboxylic acid groups (broad SMARTS) is 1. The Kier molecular flexibility index (Phi) is 6.65. The molecule has 2 aliphatic heterocycles. The van der Waals surface area contributed by atoms with Gasteiger partial charge in [-0.25, -0.2) is 9.78 Å². The standard InChI is InChI=1S/C25H21N3O5S2/c29-19(12-15-4-2-1-3-5-15)27-21-23(30)28-22(25(31)32)18(14-34-24(21)28)35-17-8-6-16(7-9-17)13-20-26-10-11-33-20/h1-11,21,24H,12-14H2,(H,27,29)(H,31,32)/t21-,24-/m1/s1. The quantitative estimate of drug-likeness (QED) is 0.447. The molecule has 3 aromatic rings. The number of carbonyl (C=O) groups is 3. The van der Waals surface area contributed by atoms with Crippen molar-refractivity contribution in [3.63, 3.8) is 0 Å². The van der Waals surface area contributed by atoms with E-state index in [2.05, 4.69) is 10.3 Å². The van der Waals surface area contributed by atoms with Gasteiger partial charge in [0.2, 0.25) is 5.91 Å². The van der Waals surface area contributed by atoms with Gasteiger partial charge in [-0.3, -0.25) is 14.5 Å². The van der Waals surface area contributed by atoms with Gasteiger partial charge < -0.3 is 14.8 Å². The first kappa shape index (κ1) is 23.3. The van der Waals surface area contributed by atoms with Crippen LogP contribution in [-0.2, 0) is 27.2 Å². The van der Waals surface area contributed by atoms with Crippen molar-refractivity contribution in [3.8, 4) is 0 Å². The van der Waals surface area contributed by atoms with Gasteiger partial charge in [0, 0.05) is 22.0 Å². The van der Waals surface area contributed by atoms with Crippen molar-refractivity contribution < 1.29 is 23.9 Å². The van der Waals surface area contributed by atoms with Crippen molar-refractivity contribution in [1.82, 2.24) is 15.2 Å². The molecular weight excluding hydrogens is 486 g/mol. The molecule has 0 bridgehead atoms. The minimum absolute atomic E-state index is 0.0128. The second-order valence-corrected chi connectivity index (χ2v) is 10.3. The molecule has 0 spiro atoms. The number of carbonyl (C=O) groups excluding carboxylic acids is 2. The lowest BCUT2D eigenvalue weighted by atomic mass is 10.0. The zero-order chi connectivity index (χ0) is 24.4. The van der Waals surface area contributed by atoms with Crippen LogP contribution in [0.3, 0.4) is 0 Å². The number of fused-ring (bicyclic) bond motifs is 1. The molecule has 35 heavy (non-hydrogen) atoms. The average Bonchev–Trinajstić information content (AvgIpc) is 3.37. The number of nitrogens with one attached hydrogen (secondary N) is 1. The molecule has 2 atom stereocenters. The number of amides is 2. The minimum Gasteiger partial charge on any atom is -0.477 e. The second kappa shape index (κ2) is 10.0. The number of benzene rings is 2. The van der Waals surface area contributed by atoms with Gasteiger partial charge in [-0.05, 0) is 23.3 Å². The second-order valence-electron chi connectivity index (χ2n) is 8.04. The van der Waals surface area contributed by atoms with Crippen molar-refractivity contribution in [2.24, 2.45) is 0 Å². The number of thioether (sulfide) groups is 2. The maximum Gasteiger partial charge on any atom is 0.353 e. The SMILES string of the molecule is O=C(Cc1ccccc1)N[C@@H]1C(=O)N2C(C(=O)O)=C(Sc3ccc(Cc4ncco4)cc3)CS[C@H]12. The van der Waals surface area contributed by atoms with Crippen molar-refractivity contribution in [2.75, 3.05) is 5.75 Å². The normalized spacial score (nSPS) is 19.2. The Bertz CT molecular complexity index is 1280. The summed E-state index contributed by atoms with van der Waals surface area (Å²) in [4.78, 5) is 44.3. The van der Waals surface area contributed by atoms with E-state index in [-0.39, 0.29) is 18.0 Å². The van der Waals surface area contributed by atoms with Gasteiger partial charge in [-0.15, -0.1) is 11.8 Å². The minimum atomic E-state index is -1.15. The lowest BCUT2D eigenvalue weighted by Crippen LogP contribution is -2.70. The summed E-state index contributed by atoms with van der Waals surface area (Å²) in [5.41, 5.74) is 1.86. The summed E-state index contributed by atoms with van der Waals surface area (Å²) in [7, 11) is 0. The van der Waals surface area contributed by atoms with Gasteiger partial charge in [0.1, 0.15) is 23.4 Å². The monoisotopic (exact) mass is 507 g/mol. The Balaban J connectivity index is 1.26. The molecule has 3 heterocycles. The number of aromatic nitrogens is 1. The third-order valence-electron chi connectivity index (χ3n) is 5.66. The zero-order valence-electron chi connectivity index (χ0n) is 18.4. The van der Waals surface area contributed by atoms with Crippen LogP contribution in [-0.4, -0.2) is 49.9 Å². The highest BCUT2D eigenvalue weighted by atomic mass is 32.2. The average molecular weight is 508 g/mol. The van der Waals surface area contributed by atoms with E-state index in [9.17, 15) is 19.5 Å². The maximum absolute atomic E-state index is 12.9. The molecule has 178 valence electrons. The van der Waals surface area contributed by atoms with E-state index in [1.165, 1.54) is 34.7 Å². The molecular formula is C25H21N3O5S2. The Hall–Kier alpha value is -3.50. The summed E-state index contributed by atoms with van der Waals surface area (Å²) < 4.78 is 5.27. The summed E-state index contributed by atoms with van der Waals surface area (Å²) in [6, 6.07) is 16.2. The van der Waals surface area contributed by atoms with Crippen LogP contribution in [0.4, 0.5) is 0 Å². The highest BCUT2D eigenvalue weighted by molar-refractivity contribution is 8.06. The van der Waals surface area contributed by atoms with E-state index < -0.39 is 23.3 Å². The van der Waals surface area contributed by atoms with Gasteiger partial charge >= 0.3 is 5.97 Å². The molecule has 10 heteroatoms. The number of aliphatic carboxylic acids is 1. The number of carboxylic acids is 1. The van der Waals surface area contributed by atoms with Gasteiger partial charge in [0.05, 0.1) is 12.6 Å². The molecule has 0 aliphatic carbocycles. The van der Waals surface area contributed by atoms with Crippen molar-refractivity contribution in [3.05, 3.63) is 94.7 Å². The summed E-state index contributed by atoms with van der Waals surface area (Å²) in [5.74, 6) is -0.761. The number of oxazole rings is 1. The predicted molar refractivity (Wildman–Crippen MR) is 131 cm³/mol. The summed E-state index contributed by atoms with van der Waals surface area (Å²) in [5, 5.41) is 12.2. The third-order valence-corrected chi connectivity index (χ3v) is 8.22. The van der Waals surface area contributed by atoms with Crippen LogP contribution in [0, 0.1) is 0 Å². The van der Waals surface area contributed by atoms with Crippen LogP contribution in [0.2, 0.25) is 0 Å². The first-order chi connectivity index (χ1) is 17.0. The smallest absolute Gasteiger partial charge is 0.353 e. The molecule has 0 saturated carbocycles. The van der Waals surface area contributed by atoms with E-state index in [0.717, 1.165) is 16.0 Å². The summed E-state index contributed by atoms with van der Waals surface area (Å²) >= 11 is 2.79. The fourth-order valence-corrected chi connectivity index (χ4v) is 6.48. The topological polar surface area (TPSA) is 113 Å². The van der Waals surface area contributed by atoms with Crippen LogP contribution in [0.5, 0.6) is 0 Å². The van der Waals surface area contributed by atoms with Crippen molar-refractivity contribution in [2.45, 2.75) is 29.2 Å². The number of hydrogen-bond donors (Lipinski definition) is 2. The Morgan fingerprint density at radius 3 is 2.60 bits per heavy atom. The first-order valence-corrected chi connectivity index (χ1v) is 12.8. The summed E-state index contributed by atoms with van der Waals surface area (Å²) in [6.07, 6.45) is 3.86. The van der Waals surface area contributed by atoms with Crippen molar-refractivity contribution in [1.29, 1.82) is 0 Å². The lowest BCUT2D eigenvalue weighted by Gasteiger charge is -2.49. The molecule has 0 radical (unpaired) electrons. The largest absolute Gasteiger partial charge is 0.477 e. The molecule has 5 rings (SSSR count). The van der Waals surface area contributed by atoms with E-state index in [4.69, 9.17) is 4.42 Å². The molecule has 1 aromatic heterocycles. The number of rotatable bonds is 8. The fraction of sp³-hybridized carbons (Fsp3) is 0.200. The Morgan fingerprint density at radius 2 is 1.91 bits per heavy atom. The van der Waals surface area contributed by atoms with Crippen LogP contribution in [0.15, 0.2) is 87.0 Å². The van der Waals surface area contributed by atoms with Crippen molar-refractivity contribution >= 4 is 41.3 Å². The fourth-order valence-electron chi connectivity index (χ4n) is 4.01. The van der Waals surface area contributed by atoms with E-state index in [1.54, 1.807) is 6.20 Å². The van der Waals surface area contributed by atoms with Crippen LogP contribution < -0.4 is 5.32 Å². The molecule has 0 unspecified atom stereocenters. The lowest BCUT2D eigenvalue weighted by molar-refractivity contribution is -0.150.